The van der Waals surface area contributed by atoms with Crippen LogP contribution in [0.4, 0.5) is 0 Å². The molecule has 0 aromatic heterocycles. The van der Waals surface area contributed by atoms with E-state index in [0.717, 1.165) is 0 Å². The summed E-state index contributed by atoms with van der Waals surface area (Å²) in [6.07, 6.45) is 0. The Hall–Kier alpha value is -1.85. The minimum atomic E-state index is -0.690. The third-order valence-corrected chi connectivity index (χ3v) is 3.75. The van der Waals surface area contributed by atoms with Gasteiger partial charge >= 0.3 is 0 Å². The van der Waals surface area contributed by atoms with Gasteiger partial charge in [0.1, 0.15) is 11.5 Å². The Morgan fingerprint density at radius 1 is 0.909 bits per heavy atom. The smallest absolute Gasteiger partial charge is 0.237 e. The highest BCUT2D eigenvalue weighted by atomic mass is 79.9. The molecule has 0 amide bonds. The fourth-order valence-electron chi connectivity index (χ4n) is 1.95. The van der Waals surface area contributed by atoms with Gasteiger partial charge in [-0.05, 0) is 36.4 Å². The van der Waals surface area contributed by atoms with Crippen LogP contribution in [0.1, 0.15) is 20.7 Å². The Kier molecular flexibility index (Phi) is 5.21. The zero-order chi connectivity index (χ0) is 16.3. The van der Waals surface area contributed by atoms with Gasteiger partial charge in [-0.1, -0.05) is 27.5 Å². The van der Waals surface area contributed by atoms with E-state index in [4.69, 9.17) is 21.1 Å². The lowest BCUT2D eigenvalue weighted by Crippen LogP contribution is -2.16. The van der Waals surface area contributed by atoms with Gasteiger partial charge in [-0.2, -0.15) is 0 Å². The lowest BCUT2D eigenvalue weighted by molar-refractivity contribution is 0.0813. The molecule has 4 nitrogen and oxygen atoms in total. The average molecular weight is 384 g/mol. The molecular formula is C16H12BrClO4. The number of ether oxygens (including phenoxy) is 2. The quantitative estimate of drug-likeness (QED) is 0.574. The van der Waals surface area contributed by atoms with Crippen molar-refractivity contribution in [2.24, 2.45) is 0 Å². The van der Waals surface area contributed by atoms with E-state index in [2.05, 4.69) is 15.9 Å². The number of hydrogen-bond donors (Lipinski definition) is 0. The summed E-state index contributed by atoms with van der Waals surface area (Å²) in [4.78, 5) is 25.0. The lowest BCUT2D eigenvalue weighted by atomic mass is 10.00. The van der Waals surface area contributed by atoms with Crippen molar-refractivity contribution in [1.82, 2.24) is 0 Å². The second kappa shape index (κ2) is 6.94. The zero-order valence-corrected chi connectivity index (χ0v) is 14.2. The van der Waals surface area contributed by atoms with Crippen molar-refractivity contribution in [3.63, 3.8) is 0 Å². The first-order valence-electron chi connectivity index (χ1n) is 6.24. The van der Waals surface area contributed by atoms with E-state index in [1.165, 1.54) is 32.4 Å². The van der Waals surface area contributed by atoms with E-state index >= 15 is 0 Å². The minimum absolute atomic E-state index is 0.152. The van der Waals surface area contributed by atoms with E-state index in [0.29, 0.717) is 15.2 Å². The molecule has 0 aliphatic rings. The standard InChI is InChI=1S/C16H12BrClO4/c1-21-13-6-3-9(17)7-12(13)16(20)15(19)11-5-4-10(18)8-14(11)22-2/h3-8H,1-2H3. The normalized spacial score (nSPS) is 10.2. The van der Waals surface area contributed by atoms with Crippen LogP contribution in [0.2, 0.25) is 5.02 Å². The third-order valence-electron chi connectivity index (χ3n) is 3.02. The molecule has 2 aromatic rings. The Morgan fingerprint density at radius 2 is 1.55 bits per heavy atom. The number of halogens is 2. The van der Waals surface area contributed by atoms with Gasteiger partial charge in [-0.3, -0.25) is 9.59 Å². The molecule has 0 fully saturated rings. The summed E-state index contributed by atoms with van der Waals surface area (Å²) >= 11 is 9.14. The van der Waals surface area contributed by atoms with Crippen LogP contribution in [-0.2, 0) is 0 Å². The number of hydrogen-bond acceptors (Lipinski definition) is 4. The largest absolute Gasteiger partial charge is 0.496 e. The van der Waals surface area contributed by atoms with Crippen LogP contribution in [-0.4, -0.2) is 25.8 Å². The highest BCUT2D eigenvalue weighted by Crippen LogP contribution is 2.28. The van der Waals surface area contributed by atoms with Crippen molar-refractivity contribution in [1.29, 1.82) is 0 Å². The van der Waals surface area contributed by atoms with Crippen LogP contribution in [0.3, 0.4) is 0 Å². The molecule has 6 heteroatoms. The number of rotatable bonds is 5. The van der Waals surface area contributed by atoms with E-state index in [9.17, 15) is 9.59 Å². The first-order valence-corrected chi connectivity index (χ1v) is 7.41. The maximum Gasteiger partial charge on any atom is 0.237 e. The molecule has 0 saturated carbocycles. The van der Waals surface area contributed by atoms with Gasteiger partial charge in [0.2, 0.25) is 11.6 Å². The number of carbonyl (C=O) groups is 2. The van der Waals surface area contributed by atoms with E-state index in [-0.39, 0.29) is 16.9 Å². The van der Waals surface area contributed by atoms with Crippen LogP contribution in [0, 0.1) is 0 Å². The van der Waals surface area contributed by atoms with Gasteiger partial charge in [0.25, 0.3) is 0 Å². The molecule has 0 aliphatic heterocycles. The number of ketones is 2. The second-order valence-corrected chi connectivity index (χ2v) is 5.70. The van der Waals surface area contributed by atoms with E-state index < -0.39 is 11.6 Å². The van der Waals surface area contributed by atoms with E-state index in [1.54, 1.807) is 18.2 Å². The van der Waals surface area contributed by atoms with Gasteiger partial charge in [-0.15, -0.1) is 0 Å². The lowest BCUT2D eigenvalue weighted by Gasteiger charge is -2.10. The molecule has 0 heterocycles. The molecule has 2 rings (SSSR count). The molecule has 0 radical (unpaired) electrons. The average Bonchev–Trinajstić information content (AvgIpc) is 2.53. The molecule has 22 heavy (non-hydrogen) atoms. The number of Topliss-reactive ketones (excluding diaryl/α,β-unsaturated/α-hetero) is 2. The van der Waals surface area contributed by atoms with Crippen LogP contribution in [0.15, 0.2) is 40.9 Å². The SMILES string of the molecule is COc1cc(Cl)ccc1C(=O)C(=O)c1cc(Br)ccc1OC. The molecular weight excluding hydrogens is 372 g/mol. The molecule has 0 unspecified atom stereocenters. The summed E-state index contributed by atoms with van der Waals surface area (Å²) in [5.41, 5.74) is 0.331. The highest BCUT2D eigenvalue weighted by molar-refractivity contribution is 9.10. The van der Waals surface area contributed by atoms with Crippen molar-refractivity contribution in [3.8, 4) is 11.5 Å². The first kappa shape index (κ1) is 16.5. The zero-order valence-electron chi connectivity index (χ0n) is 11.9. The predicted molar refractivity (Wildman–Crippen MR) is 87.4 cm³/mol. The molecule has 0 bridgehead atoms. The van der Waals surface area contributed by atoms with Crippen molar-refractivity contribution in [2.45, 2.75) is 0 Å². The maximum absolute atomic E-state index is 12.5. The van der Waals surface area contributed by atoms with Crippen molar-refractivity contribution >= 4 is 39.1 Å². The van der Waals surface area contributed by atoms with Crippen molar-refractivity contribution < 1.29 is 19.1 Å². The summed E-state index contributed by atoms with van der Waals surface area (Å²) in [5, 5.41) is 0.417. The number of carbonyl (C=O) groups excluding carboxylic acids is 2. The summed E-state index contributed by atoms with van der Waals surface area (Å²) in [5.74, 6) is -0.794. The van der Waals surface area contributed by atoms with Gasteiger partial charge < -0.3 is 9.47 Å². The van der Waals surface area contributed by atoms with Crippen LogP contribution < -0.4 is 9.47 Å². The summed E-state index contributed by atoms with van der Waals surface area (Å²) in [7, 11) is 2.85. The van der Waals surface area contributed by atoms with Gasteiger partial charge in [-0.25, -0.2) is 0 Å². The number of methoxy groups -OCH3 is 2. The Bertz CT molecular complexity index is 743. The Labute approximate surface area is 141 Å². The molecule has 0 saturated heterocycles. The Morgan fingerprint density at radius 3 is 2.18 bits per heavy atom. The van der Waals surface area contributed by atoms with Gasteiger partial charge in [0, 0.05) is 9.50 Å². The van der Waals surface area contributed by atoms with Crippen molar-refractivity contribution in [2.75, 3.05) is 14.2 Å². The fraction of sp³-hybridized carbons (Fsp3) is 0.125. The van der Waals surface area contributed by atoms with Crippen molar-refractivity contribution in [3.05, 3.63) is 57.0 Å². The maximum atomic E-state index is 12.5. The highest BCUT2D eigenvalue weighted by Gasteiger charge is 2.25. The fourth-order valence-corrected chi connectivity index (χ4v) is 2.48. The van der Waals surface area contributed by atoms with E-state index in [1.807, 2.05) is 0 Å². The van der Waals surface area contributed by atoms with Crippen LogP contribution in [0.25, 0.3) is 0 Å². The second-order valence-electron chi connectivity index (χ2n) is 4.35. The third kappa shape index (κ3) is 3.31. The van der Waals surface area contributed by atoms with Gasteiger partial charge in [0.05, 0.1) is 25.3 Å². The Balaban J connectivity index is 2.46. The molecule has 0 atom stereocenters. The first-order chi connectivity index (χ1) is 10.5. The van der Waals surface area contributed by atoms with Crippen LogP contribution in [0.5, 0.6) is 11.5 Å². The number of benzene rings is 2. The summed E-state index contributed by atoms with van der Waals surface area (Å²) < 4.78 is 10.9. The predicted octanol–water partition coefficient (Wildman–Crippen LogP) is 4.19. The summed E-state index contributed by atoms with van der Waals surface area (Å²) in [6.45, 7) is 0. The molecule has 2 aromatic carbocycles. The van der Waals surface area contributed by atoms with Crippen LogP contribution >= 0.6 is 27.5 Å². The molecule has 0 N–H and O–H groups in total. The van der Waals surface area contributed by atoms with Gasteiger partial charge in [0.15, 0.2) is 0 Å². The minimum Gasteiger partial charge on any atom is -0.496 e. The summed E-state index contributed by atoms with van der Waals surface area (Å²) in [6, 6.07) is 9.36. The molecule has 114 valence electrons. The monoisotopic (exact) mass is 382 g/mol. The molecule has 0 aliphatic carbocycles. The molecule has 0 spiro atoms. The topological polar surface area (TPSA) is 52.6 Å².